The number of carbonyl (C=O) groups is 1. The highest BCUT2D eigenvalue weighted by Gasteiger charge is 2.32. The molecule has 0 unspecified atom stereocenters. The number of aliphatic hydroxyl groups is 1. The first-order chi connectivity index (χ1) is 13.0. The molecule has 0 spiro atoms. The minimum absolute atomic E-state index is 0.0280. The van der Waals surface area contributed by atoms with E-state index in [1.54, 1.807) is 24.0 Å². The van der Waals surface area contributed by atoms with Gasteiger partial charge in [0.1, 0.15) is 5.82 Å². The number of aryl methyl sites for hydroxylation is 1. The molecule has 0 saturated carbocycles. The molecule has 138 valence electrons. The van der Waals surface area contributed by atoms with E-state index in [1.165, 1.54) is 12.1 Å². The van der Waals surface area contributed by atoms with E-state index in [0.29, 0.717) is 35.1 Å². The van der Waals surface area contributed by atoms with Crippen molar-refractivity contribution in [3.8, 4) is 0 Å². The van der Waals surface area contributed by atoms with Gasteiger partial charge in [-0.1, -0.05) is 30.3 Å². The summed E-state index contributed by atoms with van der Waals surface area (Å²) in [6.07, 6.45) is 0.0878. The Morgan fingerprint density at radius 2 is 1.96 bits per heavy atom. The molecule has 2 atom stereocenters. The largest absolute Gasteiger partial charge is 0.391 e. The van der Waals surface area contributed by atoms with Crippen molar-refractivity contribution in [1.82, 2.24) is 9.88 Å². The van der Waals surface area contributed by atoms with Gasteiger partial charge in [0.15, 0.2) is 0 Å². The summed E-state index contributed by atoms with van der Waals surface area (Å²) >= 11 is 0. The second kappa shape index (κ2) is 7.08. The summed E-state index contributed by atoms with van der Waals surface area (Å²) in [6, 6.07) is 15.9. The summed E-state index contributed by atoms with van der Waals surface area (Å²) in [7, 11) is 0. The molecule has 0 aliphatic carbocycles. The van der Waals surface area contributed by atoms with Gasteiger partial charge in [-0.15, -0.1) is 0 Å². The van der Waals surface area contributed by atoms with Crippen molar-refractivity contribution in [3.63, 3.8) is 0 Å². The van der Waals surface area contributed by atoms with Crippen molar-refractivity contribution < 1.29 is 14.3 Å². The van der Waals surface area contributed by atoms with Crippen LogP contribution in [-0.2, 0) is 0 Å². The molecule has 1 amide bonds. The highest BCUT2D eigenvalue weighted by atomic mass is 19.1. The predicted molar refractivity (Wildman–Crippen MR) is 102 cm³/mol. The minimum Gasteiger partial charge on any atom is -0.391 e. The van der Waals surface area contributed by atoms with Crippen LogP contribution in [0.3, 0.4) is 0 Å². The third kappa shape index (κ3) is 3.43. The van der Waals surface area contributed by atoms with E-state index in [0.717, 1.165) is 5.56 Å². The topological polar surface area (TPSA) is 53.4 Å². The molecule has 27 heavy (non-hydrogen) atoms. The molecular weight excluding hydrogens is 343 g/mol. The number of carbonyl (C=O) groups excluding carboxylic acids is 1. The molecule has 1 saturated heterocycles. The number of aliphatic hydroxyl groups excluding tert-OH is 1. The molecule has 1 aromatic heterocycles. The fourth-order valence-corrected chi connectivity index (χ4v) is 3.89. The maximum Gasteiger partial charge on any atom is 0.254 e. The number of hydrogen-bond donors (Lipinski definition) is 1. The molecule has 5 heteroatoms. The average molecular weight is 364 g/mol. The van der Waals surface area contributed by atoms with E-state index in [1.807, 2.05) is 30.3 Å². The maximum absolute atomic E-state index is 13.5. The Labute approximate surface area is 157 Å². The lowest BCUT2D eigenvalue weighted by molar-refractivity contribution is 0.0383. The van der Waals surface area contributed by atoms with Gasteiger partial charge in [0.05, 0.1) is 17.2 Å². The first kappa shape index (κ1) is 17.6. The number of pyridine rings is 1. The van der Waals surface area contributed by atoms with Crippen LogP contribution in [-0.4, -0.2) is 40.1 Å². The van der Waals surface area contributed by atoms with E-state index in [2.05, 4.69) is 4.98 Å². The molecule has 2 heterocycles. The standard InChI is InChI=1S/C22H21FN2O2/c1-14-11-19(18-8-7-16(23)12-20(18)24-14)22(27)25-10-9-17(21(26)13-25)15-5-3-2-4-6-15/h2-8,11-12,17,21,26H,9-10,13H2,1H3/t17-,21+/m0/s1. The van der Waals surface area contributed by atoms with E-state index in [-0.39, 0.29) is 24.2 Å². The van der Waals surface area contributed by atoms with Crippen LogP contribution in [0.25, 0.3) is 10.9 Å². The Hall–Kier alpha value is -2.79. The lowest BCUT2D eigenvalue weighted by atomic mass is 9.87. The third-order valence-corrected chi connectivity index (χ3v) is 5.23. The van der Waals surface area contributed by atoms with E-state index < -0.39 is 6.10 Å². The number of likely N-dealkylation sites (tertiary alicyclic amines) is 1. The average Bonchev–Trinajstić information content (AvgIpc) is 2.67. The van der Waals surface area contributed by atoms with Crippen molar-refractivity contribution in [2.75, 3.05) is 13.1 Å². The second-order valence-electron chi connectivity index (χ2n) is 7.10. The quantitative estimate of drug-likeness (QED) is 0.755. The summed E-state index contributed by atoms with van der Waals surface area (Å²) in [6.45, 7) is 2.64. The maximum atomic E-state index is 13.5. The zero-order chi connectivity index (χ0) is 19.0. The van der Waals surface area contributed by atoms with Crippen LogP contribution in [0.5, 0.6) is 0 Å². The van der Waals surface area contributed by atoms with Gasteiger partial charge in [0, 0.05) is 36.2 Å². The van der Waals surface area contributed by atoms with Crippen molar-refractivity contribution in [2.45, 2.75) is 25.4 Å². The summed E-state index contributed by atoms with van der Waals surface area (Å²) in [5.74, 6) is -0.499. The molecule has 0 radical (unpaired) electrons. The van der Waals surface area contributed by atoms with Crippen LogP contribution in [0.1, 0.15) is 34.0 Å². The normalized spacial score (nSPS) is 20.0. The molecule has 2 aromatic carbocycles. The molecule has 1 aliphatic heterocycles. The van der Waals surface area contributed by atoms with Crippen molar-refractivity contribution in [3.05, 3.63) is 77.2 Å². The molecule has 0 bridgehead atoms. The Morgan fingerprint density at radius 1 is 1.19 bits per heavy atom. The fourth-order valence-electron chi connectivity index (χ4n) is 3.89. The van der Waals surface area contributed by atoms with E-state index >= 15 is 0 Å². The summed E-state index contributed by atoms with van der Waals surface area (Å²) in [5.41, 5.74) is 2.73. The number of hydrogen-bond acceptors (Lipinski definition) is 3. The zero-order valence-electron chi connectivity index (χ0n) is 15.1. The monoisotopic (exact) mass is 364 g/mol. The van der Waals surface area contributed by atoms with Crippen LogP contribution in [0.15, 0.2) is 54.6 Å². The predicted octanol–water partition coefficient (Wildman–Crippen LogP) is 3.67. The lowest BCUT2D eigenvalue weighted by Crippen LogP contribution is -2.45. The summed E-state index contributed by atoms with van der Waals surface area (Å²) < 4.78 is 13.5. The third-order valence-electron chi connectivity index (χ3n) is 5.23. The molecule has 1 aliphatic rings. The van der Waals surface area contributed by atoms with Gasteiger partial charge in [-0.2, -0.15) is 0 Å². The Bertz CT molecular complexity index is 985. The highest BCUT2D eigenvalue weighted by Crippen LogP contribution is 2.30. The van der Waals surface area contributed by atoms with Gasteiger partial charge in [-0.25, -0.2) is 4.39 Å². The number of fused-ring (bicyclic) bond motifs is 1. The summed E-state index contributed by atoms with van der Waals surface area (Å²) in [4.78, 5) is 19.1. The molecule has 3 aromatic rings. The molecule has 4 rings (SSSR count). The first-order valence-electron chi connectivity index (χ1n) is 9.12. The number of aromatic nitrogens is 1. The SMILES string of the molecule is Cc1cc(C(=O)N2CC[C@@H](c3ccccc3)[C@H](O)C2)c2ccc(F)cc2n1. The molecule has 4 nitrogen and oxygen atoms in total. The van der Waals surface area contributed by atoms with Crippen LogP contribution >= 0.6 is 0 Å². The van der Waals surface area contributed by atoms with Crippen molar-refractivity contribution in [2.24, 2.45) is 0 Å². The highest BCUT2D eigenvalue weighted by molar-refractivity contribution is 6.06. The second-order valence-corrected chi connectivity index (χ2v) is 7.10. The number of halogens is 1. The number of nitrogens with zero attached hydrogens (tertiary/aromatic N) is 2. The number of β-amino-alcohol motifs (C(OH)–C–C–N with tert-alkyl or cyclic N) is 1. The van der Waals surface area contributed by atoms with E-state index in [4.69, 9.17) is 0 Å². The lowest BCUT2D eigenvalue weighted by Gasteiger charge is -2.36. The molecule has 1 N–H and O–H groups in total. The molecular formula is C22H21FN2O2. The zero-order valence-corrected chi connectivity index (χ0v) is 15.1. The first-order valence-corrected chi connectivity index (χ1v) is 9.12. The van der Waals surface area contributed by atoms with Crippen LogP contribution in [0.4, 0.5) is 4.39 Å². The van der Waals surface area contributed by atoms with Gasteiger partial charge < -0.3 is 10.0 Å². The van der Waals surface area contributed by atoms with Gasteiger partial charge in [0.2, 0.25) is 0 Å². The van der Waals surface area contributed by atoms with E-state index in [9.17, 15) is 14.3 Å². The van der Waals surface area contributed by atoms with Crippen molar-refractivity contribution >= 4 is 16.8 Å². The van der Waals surface area contributed by atoms with Gasteiger partial charge in [0.25, 0.3) is 5.91 Å². The van der Waals surface area contributed by atoms with Gasteiger partial charge in [-0.3, -0.25) is 9.78 Å². The number of piperidine rings is 1. The van der Waals surface area contributed by atoms with Crippen LogP contribution in [0, 0.1) is 12.7 Å². The smallest absolute Gasteiger partial charge is 0.254 e. The van der Waals surface area contributed by atoms with Gasteiger partial charge in [-0.05, 0) is 37.1 Å². The number of amides is 1. The minimum atomic E-state index is -0.614. The van der Waals surface area contributed by atoms with Crippen LogP contribution in [0.2, 0.25) is 0 Å². The van der Waals surface area contributed by atoms with Crippen molar-refractivity contribution in [1.29, 1.82) is 0 Å². The Kier molecular flexibility index (Phi) is 4.62. The Balaban J connectivity index is 1.60. The van der Waals surface area contributed by atoms with Gasteiger partial charge >= 0.3 is 0 Å². The number of rotatable bonds is 2. The van der Waals surface area contributed by atoms with Crippen LogP contribution < -0.4 is 0 Å². The Morgan fingerprint density at radius 3 is 2.70 bits per heavy atom. The summed E-state index contributed by atoms with van der Waals surface area (Å²) in [5, 5.41) is 11.3. The fraction of sp³-hybridized carbons (Fsp3) is 0.273. The number of benzene rings is 2. The molecule has 1 fully saturated rings.